The van der Waals surface area contributed by atoms with Gasteiger partial charge in [-0.2, -0.15) is 0 Å². The Balaban J connectivity index is 1.77. The summed E-state index contributed by atoms with van der Waals surface area (Å²) in [6, 6.07) is 8.53. The van der Waals surface area contributed by atoms with Gasteiger partial charge in [0.25, 0.3) is 5.91 Å². The lowest BCUT2D eigenvalue weighted by Crippen LogP contribution is -2.41. The summed E-state index contributed by atoms with van der Waals surface area (Å²) in [6.07, 6.45) is 8.35. The highest BCUT2D eigenvalue weighted by atomic mass is 35.5. The van der Waals surface area contributed by atoms with E-state index < -0.39 is 0 Å². The van der Waals surface area contributed by atoms with Crippen molar-refractivity contribution in [2.24, 2.45) is 0 Å². The molecule has 0 saturated carbocycles. The molecule has 6 nitrogen and oxygen atoms in total. The molecule has 1 aromatic carbocycles. The number of amides is 2. The van der Waals surface area contributed by atoms with Gasteiger partial charge in [0, 0.05) is 37.9 Å². The monoisotopic (exact) mass is 414 g/mol. The molecule has 2 amide bonds. The minimum absolute atomic E-state index is 0.0636. The van der Waals surface area contributed by atoms with E-state index >= 15 is 0 Å². The van der Waals surface area contributed by atoms with Gasteiger partial charge in [0.2, 0.25) is 5.91 Å². The Morgan fingerprint density at radius 3 is 2.72 bits per heavy atom. The van der Waals surface area contributed by atoms with Crippen LogP contribution in [0.25, 0.3) is 0 Å². The number of carbonyl (C=O) groups is 2. The van der Waals surface area contributed by atoms with Gasteiger partial charge in [0.15, 0.2) is 0 Å². The number of hydrogen-bond donors (Lipinski definition) is 0. The number of rotatable bonds is 6. The van der Waals surface area contributed by atoms with Gasteiger partial charge < -0.3 is 19.0 Å². The first kappa shape index (κ1) is 20.8. The Morgan fingerprint density at radius 2 is 2.10 bits per heavy atom. The third kappa shape index (κ3) is 5.33. The van der Waals surface area contributed by atoms with E-state index in [0.29, 0.717) is 48.0 Å². The molecule has 2 aromatic rings. The van der Waals surface area contributed by atoms with Gasteiger partial charge in [-0.25, -0.2) is 0 Å². The van der Waals surface area contributed by atoms with Gasteiger partial charge in [-0.1, -0.05) is 17.5 Å². The zero-order chi connectivity index (χ0) is 20.8. The Kier molecular flexibility index (Phi) is 6.84. The number of piperidine rings is 1. The molecule has 2 heterocycles. The molecular weight excluding hydrogens is 392 g/mol. The highest BCUT2D eigenvalue weighted by Crippen LogP contribution is 2.28. The van der Waals surface area contributed by atoms with Crippen LogP contribution in [0.3, 0.4) is 0 Å². The van der Waals surface area contributed by atoms with Crippen LogP contribution in [0.2, 0.25) is 5.02 Å². The molecular formula is C22H23ClN2O4. The fraction of sp³-hybridized carbons (Fsp3) is 0.364. The number of hydrogen-bond acceptors (Lipinski definition) is 4. The summed E-state index contributed by atoms with van der Waals surface area (Å²) in [7, 11) is 0. The first-order valence-corrected chi connectivity index (χ1v) is 9.82. The van der Waals surface area contributed by atoms with Gasteiger partial charge in [-0.05, 0) is 30.3 Å². The van der Waals surface area contributed by atoms with E-state index in [1.165, 1.54) is 4.90 Å². The molecule has 1 aliphatic heterocycles. The van der Waals surface area contributed by atoms with Crippen molar-refractivity contribution in [3.63, 3.8) is 0 Å². The molecule has 1 aliphatic rings. The van der Waals surface area contributed by atoms with Crippen molar-refractivity contribution in [2.45, 2.75) is 32.4 Å². The van der Waals surface area contributed by atoms with Crippen molar-refractivity contribution in [1.82, 2.24) is 9.80 Å². The van der Waals surface area contributed by atoms with E-state index in [9.17, 15) is 9.59 Å². The molecule has 7 heteroatoms. The molecule has 1 aromatic heterocycles. The van der Waals surface area contributed by atoms with Crippen molar-refractivity contribution in [1.29, 1.82) is 0 Å². The van der Waals surface area contributed by atoms with Crippen LogP contribution in [-0.2, 0) is 11.3 Å². The van der Waals surface area contributed by atoms with E-state index in [1.54, 1.807) is 48.4 Å². The minimum atomic E-state index is -0.280. The average molecular weight is 415 g/mol. The lowest BCUT2D eigenvalue weighted by molar-refractivity contribution is -0.130. The molecule has 0 aliphatic carbocycles. The predicted molar refractivity (Wildman–Crippen MR) is 110 cm³/mol. The van der Waals surface area contributed by atoms with Crippen LogP contribution >= 0.6 is 11.6 Å². The van der Waals surface area contributed by atoms with Gasteiger partial charge in [0.05, 0.1) is 24.9 Å². The molecule has 1 saturated heterocycles. The van der Waals surface area contributed by atoms with Crippen LogP contribution < -0.4 is 4.74 Å². The molecule has 0 unspecified atom stereocenters. The van der Waals surface area contributed by atoms with E-state index in [4.69, 9.17) is 27.2 Å². The van der Waals surface area contributed by atoms with Crippen LogP contribution in [0.1, 0.15) is 35.9 Å². The fourth-order valence-corrected chi connectivity index (χ4v) is 3.48. The van der Waals surface area contributed by atoms with Gasteiger partial charge >= 0.3 is 0 Å². The summed E-state index contributed by atoms with van der Waals surface area (Å²) in [4.78, 5) is 28.0. The summed E-state index contributed by atoms with van der Waals surface area (Å²) in [5, 5.41) is 0.436. The largest absolute Gasteiger partial charge is 0.489 e. The number of halogens is 1. The summed E-state index contributed by atoms with van der Waals surface area (Å²) >= 11 is 6.15. The Hall–Kier alpha value is -2.91. The molecule has 3 rings (SSSR count). The third-order valence-corrected chi connectivity index (χ3v) is 5.08. The fourth-order valence-electron chi connectivity index (χ4n) is 3.31. The zero-order valence-corrected chi connectivity index (χ0v) is 17.0. The maximum absolute atomic E-state index is 13.2. The molecule has 0 N–H and O–H groups in total. The number of likely N-dealkylation sites (tertiary alicyclic amines) is 1. The van der Waals surface area contributed by atoms with Crippen LogP contribution in [-0.4, -0.2) is 47.4 Å². The van der Waals surface area contributed by atoms with Crippen LogP contribution in [0.15, 0.2) is 41.0 Å². The highest BCUT2D eigenvalue weighted by Gasteiger charge is 2.25. The second-order valence-corrected chi connectivity index (χ2v) is 7.34. The molecule has 29 heavy (non-hydrogen) atoms. The van der Waals surface area contributed by atoms with Crippen LogP contribution in [0.4, 0.5) is 0 Å². The number of carbonyl (C=O) groups excluding carboxylic acids is 2. The molecule has 152 valence electrons. The normalized spacial score (nSPS) is 14.3. The van der Waals surface area contributed by atoms with E-state index in [2.05, 4.69) is 5.92 Å². The maximum atomic E-state index is 13.2. The van der Waals surface area contributed by atoms with Crippen molar-refractivity contribution in [3.8, 4) is 18.1 Å². The standard InChI is InChI=1S/C22H23ClN2O4/c1-3-10-25(15-19-5-4-13-28-19)22(27)20-14-17(23)6-7-21(20)29-18-8-11-24(12-9-18)16(2)26/h1,4-7,13-14,18H,8-12,15H2,2H3. The van der Waals surface area contributed by atoms with Gasteiger partial charge in [-0.3, -0.25) is 9.59 Å². The molecule has 0 bridgehead atoms. The summed E-state index contributed by atoms with van der Waals surface area (Å²) in [5.41, 5.74) is 0.355. The van der Waals surface area contributed by atoms with Crippen molar-refractivity contribution >= 4 is 23.4 Å². The predicted octanol–water partition coefficient (Wildman–Crippen LogP) is 3.60. The Labute approximate surface area is 175 Å². The average Bonchev–Trinajstić information content (AvgIpc) is 3.22. The van der Waals surface area contributed by atoms with E-state index in [-0.39, 0.29) is 31.0 Å². The molecule has 0 radical (unpaired) electrons. The smallest absolute Gasteiger partial charge is 0.258 e. The quantitative estimate of drug-likeness (QED) is 0.677. The second-order valence-electron chi connectivity index (χ2n) is 6.91. The molecule has 1 fully saturated rings. The summed E-state index contributed by atoms with van der Waals surface area (Å²) < 4.78 is 11.5. The summed E-state index contributed by atoms with van der Waals surface area (Å²) in [6.45, 7) is 3.22. The number of nitrogens with zero attached hydrogens (tertiary/aromatic N) is 2. The van der Waals surface area contributed by atoms with Gasteiger partial charge in [0.1, 0.15) is 17.6 Å². The second kappa shape index (κ2) is 9.53. The van der Waals surface area contributed by atoms with Crippen molar-refractivity contribution in [2.75, 3.05) is 19.6 Å². The number of furan rings is 1. The lowest BCUT2D eigenvalue weighted by Gasteiger charge is -2.32. The first-order chi connectivity index (χ1) is 14.0. The lowest BCUT2D eigenvalue weighted by atomic mass is 10.1. The summed E-state index contributed by atoms with van der Waals surface area (Å²) in [5.74, 6) is 3.39. The zero-order valence-electron chi connectivity index (χ0n) is 16.3. The molecule has 0 atom stereocenters. The Morgan fingerprint density at radius 1 is 1.34 bits per heavy atom. The maximum Gasteiger partial charge on any atom is 0.258 e. The van der Waals surface area contributed by atoms with Crippen molar-refractivity contribution < 1.29 is 18.7 Å². The SMILES string of the molecule is C#CCN(Cc1ccco1)C(=O)c1cc(Cl)ccc1OC1CCN(C(C)=O)CC1. The number of benzene rings is 1. The third-order valence-electron chi connectivity index (χ3n) is 4.85. The van der Waals surface area contributed by atoms with E-state index in [0.717, 1.165) is 0 Å². The van der Waals surface area contributed by atoms with E-state index in [1.807, 2.05) is 0 Å². The minimum Gasteiger partial charge on any atom is -0.489 e. The topological polar surface area (TPSA) is 63.0 Å². The number of ether oxygens (including phenoxy) is 1. The van der Waals surface area contributed by atoms with Crippen LogP contribution in [0.5, 0.6) is 5.75 Å². The Bertz CT molecular complexity index is 896. The molecule has 0 spiro atoms. The highest BCUT2D eigenvalue weighted by molar-refractivity contribution is 6.31. The first-order valence-electron chi connectivity index (χ1n) is 9.44. The van der Waals surface area contributed by atoms with Crippen LogP contribution in [0, 0.1) is 12.3 Å². The van der Waals surface area contributed by atoms with Crippen molar-refractivity contribution in [3.05, 3.63) is 52.9 Å². The van der Waals surface area contributed by atoms with Gasteiger partial charge in [-0.15, -0.1) is 6.42 Å². The number of terminal acetylenes is 1.